The number of rotatable bonds is 10. The summed E-state index contributed by atoms with van der Waals surface area (Å²) in [6.45, 7) is 8.76. The van der Waals surface area contributed by atoms with Crippen LogP contribution in [-0.4, -0.2) is 16.5 Å². The summed E-state index contributed by atoms with van der Waals surface area (Å²) < 4.78 is 6.09. The van der Waals surface area contributed by atoms with Crippen molar-refractivity contribution in [3.05, 3.63) is 144 Å². The quantitative estimate of drug-likeness (QED) is 0.204. The highest BCUT2D eigenvalue weighted by molar-refractivity contribution is 5.74. The number of esters is 1. The normalized spacial score (nSPS) is 14.0. The Bertz CT molecular complexity index is 1250. The average molecular weight is 506 g/mol. The number of hydrogen-bond acceptors (Lipinski definition) is 3. The largest absolute Gasteiger partial charge is 0.460 e. The summed E-state index contributed by atoms with van der Waals surface area (Å²) in [5, 5.41) is 0. The topological polar surface area (TPSA) is 29.5 Å². The molecule has 4 rings (SSSR count). The minimum Gasteiger partial charge on any atom is -0.460 e. The van der Waals surface area contributed by atoms with Crippen LogP contribution >= 0.6 is 0 Å². The maximum atomic E-state index is 14.0. The molecule has 0 aliphatic rings. The van der Waals surface area contributed by atoms with Crippen molar-refractivity contribution in [3.63, 3.8) is 0 Å². The van der Waals surface area contributed by atoms with Crippen molar-refractivity contribution in [2.75, 3.05) is 0 Å². The van der Waals surface area contributed by atoms with E-state index < -0.39 is 11.5 Å². The molecule has 0 heterocycles. The van der Waals surface area contributed by atoms with Crippen LogP contribution in [-0.2, 0) is 22.5 Å². The van der Waals surface area contributed by atoms with E-state index in [1.165, 1.54) is 11.1 Å². The van der Waals surface area contributed by atoms with Crippen LogP contribution in [0.4, 0.5) is 0 Å². The van der Waals surface area contributed by atoms with Gasteiger partial charge in [0.25, 0.3) is 0 Å². The first-order valence-electron chi connectivity index (χ1n) is 13.5. The Labute approximate surface area is 228 Å². The second kappa shape index (κ2) is 12.7. The lowest BCUT2D eigenvalue weighted by Crippen LogP contribution is -2.41. The molecule has 0 N–H and O–H groups in total. The molecule has 4 aromatic rings. The number of carbonyl (C=O) groups excluding carboxylic acids is 1. The number of nitrogens with zero attached hydrogens (tertiary/aromatic N) is 1. The Balaban J connectivity index is 1.86. The van der Waals surface area contributed by atoms with E-state index >= 15 is 0 Å². The van der Waals surface area contributed by atoms with E-state index in [-0.39, 0.29) is 18.1 Å². The van der Waals surface area contributed by atoms with Gasteiger partial charge in [0.05, 0.1) is 5.92 Å². The summed E-state index contributed by atoms with van der Waals surface area (Å²) in [5.41, 5.74) is 4.07. The Morgan fingerprint density at radius 1 is 0.684 bits per heavy atom. The predicted octanol–water partition coefficient (Wildman–Crippen LogP) is 8.19. The van der Waals surface area contributed by atoms with Crippen molar-refractivity contribution in [1.29, 1.82) is 0 Å². The van der Waals surface area contributed by atoms with Gasteiger partial charge in [-0.1, -0.05) is 121 Å². The minimum absolute atomic E-state index is 0.0577. The van der Waals surface area contributed by atoms with E-state index in [9.17, 15) is 4.79 Å². The van der Waals surface area contributed by atoms with Gasteiger partial charge in [-0.05, 0) is 56.4 Å². The summed E-state index contributed by atoms with van der Waals surface area (Å²) in [7, 11) is 0. The predicted molar refractivity (Wildman–Crippen MR) is 156 cm³/mol. The molecule has 3 atom stereocenters. The molecule has 0 aromatic heterocycles. The Morgan fingerprint density at radius 3 is 1.63 bits per heavy atom. The number of benzene rings is 4. The summed E-state index contributed by atoms with van der Waals surface area (Å²) in [4.78, 5) is 16.5. The van der Waals surface area contributed by atoms with E-state index in [2.05, 4.69) is 96.8 Å². The van der Waals surface area contributed by atoms with Crippen LogP contribution in [0.15, 0.2) is 121 Å². The molecule has 0 unspecified atom stereocenters. The standard InChI is InChI=1S/C35H39NO2/c1-27(30-21-13-7-14-22-30)36(26-29-19-11-6-12-20-29)33(31-23-15-8-16-24-31)32(34(37)38-35(2,3)4)25-28-17-9-5-10-18-28/h5-24,27,32-33H,25-26H2,1-4H3/t27-,32-,33-/m1/s1. The molecule has 0 bridgehead atoms. The third-order valence-electron chi connectivity index (χ3n) is 6.87. The van der Waals surface area contributed by atoms with E-state index in [4.69, 9.17) is 4.74 Å². The first kappa shape index (κ1) is 27.3. The van der Waals surface area contributed by atoms with Gasteiger partial charge in [0.2, 0.25) is 0 Å². The molecule has 0 fully saturated rings. The number of hydrogen-bond donors (Lipinski definition) is 0. The molecule has 0 aliphatic heterocycles. The van der Waals surface area contributed by atoms with Crippen molar-refractivity contribution in [2.24, 2.45) is 5.92 Å². The molecule has 4 aromatic carbocycles. The van der Waals surface area contributed by atoms with Gasteiger partial charge in [-0.2, -0.15) is 0 Å². The summed E-state index contributed by atoms with van der Waals surface area (Å²) in [6, 6.07) is 41.6. The molecular formula is C35H39NO2. The van der Waals surface area contributed by atoms with Gasteiger partial charge >= 0.3 is 5.97 Å². The van der Waals surface area contributed by atoms with Crippen LogP contribution in [0.1, 0.15) is 62.0 Å². The Morgan fingerprint density at radius 2 is 1.13 bits per heavy atom. The lowest BCUT2D eigenvalue weighted by atomic mass is 9.84. The van der Waals surface area contributed by atoms with Crippen LogP contribution in [0.3, 0.4) is 0 Å². The van der Waals surface area contributed by atoms with Crippen LogP contribution in [0.5, 0.6) is 0 Å². The molecule has 3 heteroatoms. The Hall–Kier alpha value is -3.69. The molecule has 0 aliphatic carbocycles. The second-order valence-electron chi connectivity index (χ2n) is 10.9. The first-order chi connectivity index (χ1) is 18.3. The third kappa shape index (κ3) is 7.43. The average Bonchev–Trinajstić information content (AvgIpc) is 2.93. The van der Waals surface area contributed by atoms with Crippen molar-refractivity contribution in [3.8, 4) is 0 Å². The zero-order valence-corrected chi connectivity index (χ0v) is 23.0. The van der Waals surface area contributed by atoms with Gasteiger partial charge in [-0.3, -0.25) is 9.69 Å². The molecular weight excluding hydrogens is 466 g/mol. The van der Waals surface area contributed by atoms with E-state index in [0.717, 1.165) is 11.1 Å². The smallest absolute Gasteiger partial charge is 0.311 e. The first-order valence-corrected chi connectivity index (χ1v) is 13.5. The van der Waals surface area contributed by atoms with Crippen LogP contribution in [0, 0.1) is 5.92 Å². The molecule has 0 saturated carbocycles. The molecule has 0 spiro atoms. The SMILES string of the molecule is C[C@H](c1ccccc1)N(Cc1ccccc1)[C@H](c1ccccc1)[C@@H](Cc1ccccc1)C(=O)OC(C)(C)C. The fourth-order valence-electron chi connectivity index (χ4n) is 5.07. The van der Waals surface area contributed by atoms with Crippen LogP contribution < -0.4 is 0 Å². The van der Waals surface area contributed by atoms with Gasteiger partial charge < -0.3 is 4.74 Å². The van der Waals surface area contributed by atoms with Gasteiger partial charge in [0.15, 0.2) is 0 Å². The number of ether oxygens (including phenoxy) is 1. The molecule has 0 amide bonds. The summed E-state index contributed by atoms with van der Waals surface area (Å²) in [6.07, 6.45) is 0.585. The Kier molecular flexibility index (Phi) is 9.15. The second-order valence-corrected chi connectivity index (χ2v) is 10.9. The van der Waals surface area contributed by atoms with Crippen molar-refractivity contribution >= 4 is 5.97 Å². The van der Waals surface area contributed by atoms with Gasteiger partial charge in [-0.15, -0.1) is 0 Å². The monoisotopic (exact) mass is 505 g/mol. The highest BCUT2D eigenvalue weighted by atomic mass is 16.6. The van der Waals surface area contributed by atoms with E-state index in [1.807, 2.05) is 57.2 Å². The lowest BCUT2D eigenvalue weighted by molar-refractivity contribution is -0.163. The van der Waals surface area contributed by atoms with E-state index in [0.29, 0.717) is 13.0 Å². The molecule has 38 heavy (non-hydrogen) atoms. The highest BCUT2D eigenvalue weighted by Crippen LogP contribution is 2.39. The van der Waals surface area contributed by atoms with Crippen molar-refractivity contribution in [1.82, 2.24) is 4.90 Å². The zero-order chi connectivity index (χ0) is 27.0. The number of carbonyl (C=O) groups is 1. The van der Waals surface area contributed by atoms with Crippen LogP contribution in [0.25, 0.3) is 0 Å². The molecule has 196 valence electrons. The summed E-state index contributed by atoms with van der Waals surface area (Å²) in [5.74, 6) is -0.581. The third-order valence-corrected chi connectivity index (χ3v) is 6.87. The van der Waals surface area contributed by atoms with Crippen LogP contribution in [0.2, 0.25) is 0 Å². The van der Waals surface area contributed by atoms with Gasteiger partial charge in [0, 0.05) is 18.6 Å². The lowest BCUT2D eigenvalue weighted by Gasteiger charge is -2.41. The maximum absolute atomic E-state index is 14.0. The van der Waals surface area contributed by atoms with Crippen molar-refractivity contribution < 1.29 is 9.53 Å². The maximum Gasteiger partial charge on any atom is 0.311 e. The molecule has 0 saturated heterocycles. The molecule has 3 nitrogen and oxygen atoms in total. The highest BCUT2D eigenvalue weighted by Gasteiger charge is 2.39. The van der Waals surface area contributed by atoms with Gasteiger partial charge in [-0.25, -0.2) is 0 Å². The molecule has 0 radical (unpaired) electrons. The van der Waals surface area contributed by atoms with Crippen molar-refractivity contribution in [2.45, 2.75) is 58.3 Å². The summed E-state index contributed by atoms with van der Waals surface area (Å²) >= 11 is 0. The zero-order valence-electron chi connectivity index (χ0n) is 23.0. The fourth-order valence-corrected chi connectivity index (χ4v) is 5.07. The minimum atomic E-state index is -0.581. The fraction of sp³-hybridized carbons (Fsp3) is 0.286. The van der Waals surface area contributed by atoms with Gasteiger partial charge in [0.1, 0.15) is 5.60 Å². The van der Waals surface area contributed by atoms with E-state index in [1.54, 1.807) is 0 Å².